The Balaban J connectivity index is 0.00000137. The topological polar surface area (TPSA) is 17.1 Å². The molecule has 1 aromatic rings. The van der Waals surface area contributed by atoms with E-state index in [-0.39, 0.29) is 5.78 Å². The van der Waals surface area contributed by atoms with Gasteiger partial charge in [0.05, 0.1) is 0 Å². The van der Waals surface area contributed by atoms with E-state index in [1.165, 1.54) is 0 Å². The Kier molecular flexibility index (Phi) is 8.21. The predicted octanol–water partition coefficient (Wildman–Crippen LogP) is 4.99. The van der Waals surface area contributed by atoms with Gasteiger partial charge in [-0.1, -0.05) is 56.9 Å². The summed E-state index contributed by atoms with van der Waals surface area (Å²) in [6, 6.07) is 6.02. The van der Waals surface area contributed by atoms with Gasteiger partial charge in [0.2, 0.25) is 0 Å². The Hall–Kier alpha value is -1.89. The van der Waals surface area contributed by atoms with E-state index in [1.807, 2.05) is 63.3 Å². The van der Waals surface area contributed by atoms with E-state index in [0.29, 0.717) is 0 Å². The molecule has 0 N–H and O–H groups in total. The molecular weight excluding hydrogens is 220 g/mol. The first-order chi connectivity index (χ1) is 8.67. The maximum absolute atomic E-state index is 10.8. The molecule has 0 heterocycles. The lowest BCUT2D eigenvalue weighted by Crippen LogP contribution is -1.84. The molecule has 1 heteroatoms. The number of benzene rings is 1. The molecule has 0 saturated carbocycles. The van der Waals surface area contributed by atoms with Crippen molar-refractivity contribution in [2.45, 2.75) is 27.7 Å². The quantitative estimate of drug-likeness (QED) is 0.680. The van der Waals surface area contributed by atoms with Gasteiger partial charge in [-0.05, 0) is 42.7 Å². The van der Waals surface area contributed by atoms with Crippen LogP contribution >= 0.6 is 0 Å². The minimum Gasteiger partial charge on any atom is -0.295 e. The molecule has 0 aliphatic heterocycles. The Morgan fingerprint density at radius 3 is 2.33 bits per heavy atom. The van der Waals surface area contributed by atoms with E-state index in [4.69, 9.17) is 0 Å². The van der Waals surface area contributed by atoms with Crippen LogP contribution in [0, 0.1) is 0 Å². The largest absolute Gasteiger partial charge is 0.295 e. The van der Waals surface area contributed by atoms with Crippen molar-refractivity contribution in [3.8, 4) is 0 Å². The second-order valence-electron chi connectivity index (χ2n) is 3.54. The van der Waals surface area contributed by atoms with E-state index in [2.05, 4.69) is 6.58 Å². The zero-order chi connectivity index (χ0) is 14.0. The monoisotopic (exact) mass is 242 g/mol. The Labute approximate surface area is 111 Å². The standard InChI is InChI=1S/C15H16O.C2H6/c1-4-6-15-11-13(8-7-12(3)16)9-10-14(15)5-2;1-2/h4-11H,2H2,1,3H3;1-2H3/b6-4-,8-7+;. The summed E-state index contributed by atoms with van der Waals surface area (Å²) in [5.41, 5.74) is 3.23. The molecule has 0 saturated heterocycles. The van der Waals surface area contributed by atoms with Crippen LogP contribution in [0.2, 0.25) is 0 Å². The molecule has 0 amide bonds. The fourth-order valence-electron chi connectivity index (χ4n) is 1.42. The summed E-state index contributed by atoms with van der Waals surface area (Å²) in [6.45, 7) is 11.3. The van der Waals surface area contributed by atoms with E-state index < -0.39 is 0 Å². The van der Waals surface area contributed by atoms with Gasteiger partial charge >= 0.3 is 0 Å². The number of carbonyl (C=O) groups excluding carboxylic acids is 1. The number of rotatable bonds is 4. The minimum absolute atomic E-state index is 0.0559. The van der Waals surface area contributed by atoms with Crippen LogP contribution in [0.3, 0.4) is 0 Å². The van der Waals surface area contributed by atoms with Gasteiger partial charge in [0.15, 0.2) is 5.78 Å². The first-order valence-electron chi connectivity index (χ1n) is 6.25. The summed E-state index contributed by atoms with van der Waals surface area (Å²) >= 11 is 0. The molecule has 0 aliphatic carbocycles. The third-order valence-electron chi connectivity index (χ3n) is 2.19. The Morgan fingerprint density at radius 1 is 1.17 bits per heavy atom. The minimum atomic E-state index is 0.0559. The highest BCUT2D eigenvalue weighted by Crippen LogP contribution is 2.16. The van der Waals surface area contributed by atoms with E-state index in [1.54, 1.807) is 13.0 Å². The smallest absolute Gasteiger partial charge is 0.152 e. The van der Waals surface area contributed by atoms with E-state index in [9.17, 15) is 4.79 Å². The fraction of sp³-hybridized carbons (Fsp3) is 0.235. The highest BCUT2D eigenvalue weighted by molar-refractivity contribution is 5.91. The van der Waals surface area contributed by atoms with Gasteiger partial charge in [-0.15, -0.1) is 0 Å². The normalized spacial score (nSPS) is 10.2. The zero-order valence-corrected chi connectivity index (χ0v) is 11.7. The average Bonchev–Trinajstić information content (AvgIpc) is 2.39. The van der Waals surface area contributed by atoms with Gasteiger partial charge < -0.3 is 0 Å². The molecule has 0 bridgehead atoms. The average molecular weight is 242 g/mol. The maximum Gasteiger partial charge on any atom is 0.152 e. The molecular formula is C17H22O. The molecule has 0 spiro atoms. The van der Waals surface area contributed by atoms with E-state index in [0.717, 1.165) is 16.7 Å². The molecule has 96 valence electrons. The number of allylic oxidation sites excluding steroid dienone is 2. The highest BCUT2D eigenvalue weighted by Gasteiger charge is 1.96. The van der Waals surface area contributed by atoms with Crippen LogP contribution in [0.25, 0.3) is 18.2 Å². The summed E-state index contributed by atoms with van der Waals surface area (Å²) in [7, 11) is 0. The zero-order valence-electron chi connectivity index (χ0n) is 11.7. The van der Waals surface area contributed by atoms with Crippen molar-refractivity contribution in [1.82, 2.24) is 0 Å². The van der Waals surface area contributed by atoms with Crippen molar-refractivity contribution < 1.29 is 4.79 Å². The predicted molar refractivity (Wildman–Crippen MR) is 82.3 cm³/mol. The second kappa shape index (κ2) is 9.17. The number of hydrogen-bond donors (Lipinski definition) is 0. The molecule has 0 unspecified atom stereocenters. The molecule has 0 aromatic heterocycles. The van der Waals surface area contributed by atoms with Crippen LogP contribution in [-0.4, -0.2) is 5.78 Å². The van der Waals surface area contributed by atoms with Gasteiger partial charge in [-0.3, -0.25) is 4.79 Å². The van der Waals surface area contributed by atoms with Gasteiger partial charge in [0.25, 0.3) is 0 Å². The Morgan fingerprint density at radius 2 is 1.83 bits per heavy atom. The van der Waals surface area contributed by atoms with Crippen molar-refractivity contribution in [1.29, 1.82) is 0 Å². The summed E-state index contributed by atoms with van der Waals surface area (Å²) in [6.07, 6.45) is 9.24. The van der Waals surface area contributed by atoms with Crippen LogP contribution in [0.1, 0.15) is 44.4 Å². The van der Waals surface area contributed by atoms with Crippen LogP contribution in [0.5, 0.6) is 0 Å². The molecule has 1 aromatic carbocycles. The highest BCUT2D eigenvalue weighted by atomic mass is 16.1. The van der Waals surface area contributed by atoms with Crippen molar-refractivity contribution >= 4 is 24.0 Å². The van der Waals surface area contributed by atoms with Crippen molar-refractivity contribution in [3.05, 3.63) is 53.6 Å². The third-order valence-corrected chi connectivity index (χ3v) is 2.19. The molecule has 1 nitrogen and oxygen atoms in total. The maximum atomic E-state index is 10.8. The van der Waals surface area contributed by atoms with Gasteiger partial charge in [0, 0.05) is 0 Å². The lowest BCUT2D eigenvalue weighted by molar-refractivity contribution is -0.112. The van der Waals surface area contributed by atoms with Crippen molar-refractivity contribution in [2.75, 3.05) is 0 Å². The number of ketones is 1. The summed E-state index contributed by atoms with van der Waals surface area (Å²) in [5.74, 6) is 0.0559. The molecule has 0 radical (unpaired) electrons. The third kappa shape index (κ3) is 5.44. The lowest BCUT2D eigenvalue weighted by Gasteiger charge is -2.02. The van der Waals surface area contributed by atoms with Crippen LogP contribution in [-0.2, 0) is 4.79 Å². The molecule has 1 rings (SSSR count). The number of carbonyl (C=O) groups is 1. The van der Waals surface area contributed by atoms with Crippen molar-refractivity contribution in [3.63, 3.8) is 0 Å². The molecule has 18 heavy (non-hydrogen) atoms. The number of hydrogen-bond acceptors (Lipinski definition) is 1. The first-order valence-corrected chi connectivity index (χ1v) is 6.25. The lowest BCUT2D eigenvalue weighted by atomic mass is 10.0. The molecule has 0 fully saturated rings. The Bertz CT molecular complexity index is 451. The fourth-order valence-corrected chi connectivity index (χ4v) is 1.42. The summed E-state index contributed by atoms with van der Waals surface area (Å²) in [5, 5.41) is 0. The van der Waals surface area contributed by atoms with Gasteiger partial charge in [0.1, 0.15) is 0 Å². The van der Waals surface area contributed by atoms with Crippen LogP contribution < -0.4 is 0 Å². The van der Waals surface area contributed by atoms with E-state index >= 15 is 0 Å². The summed E-state index contributed by atoms with van der Waals surface area (Å²) < 4.78 is 0. The SMILES string of the molecule is C=Cc1ccc(/C=C/C(C)=O)cc1/C=C\C.CC. The second-order valence-corrected chi connectivity index (χ2v) is 3.54. The molecule has 0 atom stereocenters. The van der Waals surface area contributed by atoms with Crippen LogP contribution in [0.4, 0.5) is 0 Å². The van der Waals surface area contributed by atoms with Crippen LogP contribution in [0.15, 0.2) is 36.9 Å². The van der Waals surface area contributed by atoms with Crippen molar-refractivity contribution in [2.24, 2.45) is 0 Å². The molecule has 0 aliphatic rings. The van der Waals surface area contributed by atoms with Gasteiger partial charge in [-0.2, -0.15) is 0 Å². The van der Waals surface area contributed by atoms with Gasteiger partial charge in [-0.25, -0.2) is 0 Å². The first kappa shape index (κ1) is 16.1. The summed E-state index contributed by atoms with van der Waals surface area (Å²) in [4.78, 5) is 10.8.